The van der Waals surface area contributed by atoms with Crippen molar-refractivity contribution in [2.75, 3.05) is 5.32 Å². The molecule has 0 aromatic carbocycles. The summed E-state index contributed by atoms with van der Waals surface area (Å²) in [6.07, 6.45) is 2.45. The standard InChI is InChI=1S/C19H20F3N3O2/c1-18(2,3)27-17(26)24-14-8-9-25-16(10-14)15(11-23-25)12-4-6-13(7-5-12)19(20,21)22/h4,6-12H,5H2,1-3H3,(H,24,26). The number of pyridine rings is 1. The molecule has 2 aromatic heterocycles. The molecule has 0 radical (unpaired) electrons. The molecule has 1 aliphatic rings. The van der Waals surface area contributed by atoms with Gasteiger partial charge in [0.1, 0.15) is 5.60 Å². The number of amides is 1. The summed E-state index contributed by atoms with van der Waals surface area (Å²) >= 11 is 0. The second kappa shape index (κ2) is 6.75. The van der Waals surface area contributed by atoms with Crippen LogP contribution in [0.15, 0.2) is 48.3 Å². The first kappa shape index (κ1) is 19.0. The first-order valence-corrected chi connectivity index (χ1v) is 8.46. The van der Waals surface area contributed by atoms with E-state index < -0.39 is 23.4 Å². The Kier molecular flexibility index (Phi) is 4.75. The lowest BCUT2D eigenvalue weighted by Gasteiger charge is -2.20. The van der Waals surface area contributed by atoms with Gasteiger partial charge >= 0.3 is 12.3 Å². The summed E-state index contributed by atoms with van der Waals surface area (Å²) in [6, 6.07) is 3.40. The van der Waals surface area contributed by atoms with Gasteiger partial charge in [0.05, 0.1) is 17.3 Å². The molecule has 0 bridgehead atoms. The van der Waals surface area contributed by atoms with E-state index in [1.165, 1.54) is 12.2 Å². The molecule has 3 rings (SSSR count). The Morgan fingerprint density at radius 2 is 2.07 bits per heavy atom. The smallest absolute Gasteiger partial charge is 0.416 e. The van der Waals surface area contributed by atoms with E-state index in [0.29, 0.717) is 11.2 Å². The Morgan fingerprint density at radius 3 is 2.67 bits per heavy atom. The van der Waals surface area contributed by atoms with Crippen LogP contribution in [0.25, 0.3) is 5.52 Å². The molecule has 144 valence electrons. The number of nitrogens with one attached hydrogen (secondary N) is 1. The van der Waals surface area contributed by atoms with Gasteiger partial charge in [-0.2, -0.15) is 18.3 Å². The predicted molar refractivity (Wildman–Crippen MR) is 95.7 cm³/mol. The lowest BCUT2D eigenvalue weighted by Crippen LogP contribution is -2.27. The zero-order valence-electron chi connectivity index (χ0n) is 15.2. The number of halogens is 3. The molecule has 27 heavy (non-hydrogen) atoms. The summed E-state index contributed by atoms with van der Waals surface area (Å²) in [4.78, 5) is 11.9. The highest BCUT2D eigenvalue weighted by molar-refractivity contribution is 5.86. The van der Waals surface area contributed by atoms with Gasteiger partial charge in [0.15, 0.2) is 0 Å². The molecule has 0 saturated carbocycles. The molecule has 2 heterocycles. The van der Waals surface area contributed by atoms with Crippen LogP contribution in [0.4, 0.5) is 23.7 Å². The quantitative estimate of drug-likeness (QED) is 0.779. The van der Waals surface area contributed by atoms with E-state index in [-0.39, 0.29) is 12.3 Å². The molecule has 1 amide bonds. The van der Waals surface area contributed by atoms with Crippen LogP contribution in [0.3, 0.4) is 0 Å². The number of hydrogen-bond acceptors (Lipinski definition) is 3. The van der Waals surface area contributed by atoms with Crippen molar-refractivity contribution in [3.8, 4) is 0 Å². The molecule has 2 aromatic rings. The van der Waals surface area contributed by atoms with Crippen molar-refractivity contribution in [2.45, 2.75) is 44.9 Å². The molecule has 1 unspecified atom stereocenters. The summed E-state index contributed by atoms with van der Waals surface area (Å²) in [5, 5.41) is 6.89. The lowest BCUT2D eigenvalue weighted by molar-refractivity contribution is -0.0886. The summed E-state index contributed by atoms with van der Waals surface area (Å²) < 4.78 is 45.1. The van der Waals surface area contributed by atoms with E-state index in [2.05, 4.69) is 10.4 Å². The molecule has 0 fully saturated rings. The summed E-state index contributed by atoms with van der Waals surface area (Å²) in [5.74, 6) is -0.217. The molecule has 0 aliphatic heterocycles. The minimum Gasteiger partial charge on any atom is -0.444 e. The van der Waals surface area contributed by atoms with Crippen LogP contribution in [-0.4, -0.2) is 27.5 Å². The van der Waals surface area contributed by atoms with Gasteiger partial charge in [-0.1, -0.05) is 18.2 Å². The molecule has 8 heteroatoms. The molecular weight excluding hydrogens is 359 g/mol. The molecule has 5 nitrogen and oxygen atoms in total. The zero-order valence-corrected chi connectivity index (χ0v) is 15.2. The Hall–Kier alpha value is -2.77. The highest BCUT2D eigenvalue weighted by Crippen LogP contribution is 2.35. The van der Waals surface area contributed by atoms with Gasteiger partial charge in [0.25, 0.3) is 0 Å². The fourth-order valence-electron chi connectivity index (χ4n) is 2.85. The number of fused-ring (bicyclic) bond motifs is 1. The maximum absolute atomic E-state index is 12.8. The first-order valence-electron chi connectivity index (χ1n) is 8.46. The van der Waals surface area contributed by atoms with Crippen molar-refractivity contribution in [2.24, 2.45) is 0 Å². The number of carbonyl (C=O) groups is 1. The van der Waals surface area contributed by atoms with Gasteiger partial charge in [-0.05, 0) is 39.3 Å². The van der Waals surface area contributed by atoms with Crippen LogP contribution >= 0.6 is 0 Å². The van der Waals surface area contributed by atoms with Gasteiger partial charge in [-0.15, -0.1) is 0 Å². The van der Waals surface area contributed by atoms with E-state index >= 15 is 0 Å². The molecule has 1 aliphatic carbocycles. The van der Waals surface area contributed by atoms with E-state index in [1.54, 1.807) is 49.8 Å². The normalized spacial score (nSPS) is 17.7. The van der Waals surface area contributed by atoms with Crippen LogP contribution < -0.4 is 5.32 Å². The number of rotatable bonds is 2. The van der Waals surface area contributed by atoms with Crippen molar-refractivity contribution >= 4 is 17.3 Å². The third-order valence-electron chi connectivity index (χ3n) is 4.02. The average Bonchev–Trinajstić information content (AvgIpc) is 2.95. The minimum absolute atomic E-state index is 0.217. The Balaban J connectivity index is 1.81. The van der Waals surface area contributed by atoms with Crippen LogP contribution in [0, 0.1) is 0 Å². The molecule has 0 spiro atoms. The lowest BCUT2D eigenvalue weighted by atomic mass is 9.91. The Morgan fingerprint density at radius 1 is 1.33 bits per heavy atom. The Bertz CT molecular complexity index is 920. The third kappa shape index (κ3) is 4.50. The summed E-state index contributed by atoms with van der Waals surface area (Å²) in [5.41, 5.74) is 0.761. The van der Waals surface area contributed by atoms with Crippen molar-refractivity contribution in [1.29, 1.82) is 0 Å². The van der Waals surface area contributed by atoms with Crippen LogP contribution in [0.5, 0.6) is 0 Å². The van der Waals surface area contributed by atoms with Gasteiger partial charge in [0.2, 0.25) is 0 Å². The van der Waals surface area contributed by atoms with Crippen molar-refractivity contribution < 1.29 is 22.7 Å². The number of alkyl halides is 3. The average molecular weight is 379 g/mol. The van der Waals surface area contributed by atoms with Gasteiger partial charge < -0.3 is 4.74 Å². The number of ether oxygens (including phenoxy) is 1. The third-order valence-corrected chi connectivity index (χ3v) is 4.02. The van der Waals surface area contributed by atoms with Crippen LogP contribution in [0.1, 0.15) is 38.7 Å². The van der Waals surface area contributed by atoms with Crippen molar-refractivity contribution in [3.63, 3.8) is 0 Å². The highest BCUT2D eigenvalue weighted by Gasteiger charge is 2.33. The molecular formula is C19H20F3N3O2. The fourth-order valence-corrected chi connectivity index (χ4v) is 2.85. The molecule has 1 N–H and O–H groups in total. The highest BCUT2D eigenvalue weighted by atomic mass is 19.4. The number of allylic oxidation sites excluding steroid dienone is 4. The summed E-state index contributed by atoms with van der Waals surface area (Å²) in [7, 11) is 0. The monoisotopic (exact) mass is 379 g/mol. The van der Waals surface area contributed by atoms with Gasteiger partial charge in [0, 0.05) is 23.4 Å². The van der Waals surface area contributed by atoms with Gasteiger partial charge in [-0.25, -0.2) is 9.31 Å². The van der Waals surface area contributed by atoms with Crippen LogP contribution in [0.2, 0.25) is 0 Å². The topological polar surface area (TPSA) is 55.6 Å². The number of anilines is 1. The van der Waals surface area contributed by atoms with E-state index in [9.17, 15) is 18.0 Å². The predicted octanol–water partition coefficient (Wildman–Crippen LogP) is 5.21. The fraction of sp³-hybridized carbons (Fsp3) is 0.368. The SMILES string of the molecule is CC(C)(C)OC(=O)Nc1ccn2ncc(C3C=CC(C(F)(F)F)=CC3)c2c1. The molecule has 1 atom stereocenters. The Labute approximate surface area is 154 Å². The van der Waals surface area contributed by atoms with E-state index in [0.717, 1.165) is 11.6 Å². The van der Waals surface area contributed by atoms with Crippen molar-refractivity contribution in [3.05, 3.63) is 53.9 Å². The van der Waals surface area contributed by atoms with E-state index in [4.69, 9.17) is 4.74 Å². The largest absolute Gasteiger partial charge is 0.444 e. The zero-order chi connectivity index (χ0) is 19.8. The number of nitrogens with zero attached hydrogens (tertiary/aromatic N) is 2. The second-order valence-corrected chi connectivity index (χ2v) is 7.33. The minimum atomic E-state index is -4.34. The van der Waals surface area contributed by atoms with Gasteiger partial charge in [-0.3, -0.25) is 5.32 Å². The van der Waals surface area contributed by atoms with E-state index in [1.807, 2.05) is 0 Å². The van der Waals surface area contributed by atoms with Crippen molar-refractivity contribution in [1.82, 2.24) is 9.61 Å². The van der Waals surface area contributed by atoms with Crippen LogP contribution in [-0.2, 0) is 4.74 Å². The maximum Gasteiger partial charge on any atom is 0.416 e. The first-order chi connectivity index (χ1) is 12.5. The second-order valence-electron chi connectivity index (χ2n) is 7.33. The maximum atomic E-state index is 12.8. The number of carbonyl (C=O) groups excluding carboxylic acids is 1. The molecule has 0 saturated heterocycles. The number of aromatic nitrogens is 2. The number of hydrogen-bond donors (Lipinski definition) is 1. The summed E-state index contributed by atoms with van der Waals surface area (Å²) in [6.45, 7) is 5.30.